The molecule has 4 nitrogen and oxygen atoms in total. The molecule has 0 aromatic heterocycles. The lowest BCUT2D eigenvalue weighted by molar-refractivity contribution is -0.164. The van der Waals surface area contributed by atoms with Gasteiger partial charge in [0.25, 0.3) is 0 Å². The van der Waals surface area contributed by atoms with Crippen LogP contribution in [0.5, 0.6) is 0 Å². The number of hydrogen-bond acceptors (Lipinski definition) is 4. The van der Waals surface area contributed by atoms with Crippen LogP contribution in [-0.2, 0) is 19.1 Å². The number of rotatable bonds is 1. The maximum Gasteiger partial charge on any atom is 0.312 e. The summed E-state index contributed by atoms with van der Waals surface area (Å²) in [5.74, 6) is -0.715. The Morgan fingerprint density at radius 3 is 2.75 bits per heavy atom. The fraction of sp³-hybridized carbons (Fsp3) is 0.750. The quantitative estimate of drug-likeness (QED) is 0.494. The Hall–Kier alpha value is -1.19. The molecule has 0 N–H and O–H groups in total. The fourth-order valence-electron chi connectivity index (χ4n) is 3.40. The van der Waals surface area contributed by atoms with E-state index in [0.717, 1.165) is 6.42 Å². The third kappa shape index (κ3) is 1.39. The van der Waals surface area contributed by atoms with Crippen LogP contribution in [0.4, 0.5) is 0 Å². The molecule has 3 unspecified atom stereocenters. The number of ether oxygens (including phenoxy) is 1. The second-order valence-corrected chi connectivity index (χ2v) is 5.00. The number of carbonyl (C=O) groups is 3. The summed E-state index contributed by atoms with van der Waals surface area (Å²) in [6, 6.07) is 0. The molecule has 2 aliphatic rings. The SMILES string of the molecule is COC(=O)C12CCC(C)C1C(=O)CC(=O)C2. The fourth-order valence-corrected chi connectivity index (χ4v) is 3.40. The van der Waals surface area contributed by atoms with Crippen LogP contribution < -0.4 is 0 Å². The van der Waals surface area contributed by atoms with E-state index in [0.29, 0.717) is 6.42 Å². The van der Waals surface area contributed by atoms with Gasteiger partial charge < -0.3 is 4.74 Å². The molecule has 88 valence electrons. The number of hydrogen-bond donors (Lipinski definition) is 0. The van der Waals surface area contributed by atoms with Crippen molar-refractivity contribution in [3.63, 3.8) is 0 Å². The van der Waals surface area contributed by atoms with E-state index in [1.54, 1.807) is 0 Å². The van der Waals surface area contributed by atoms with E-state index in [2.05, 4.69) is 0 Å². The lowest BCUT2D eigenvalue weighted by atomic mass is 9.65. The molecule has 3 atom stereocenters. The molecule has 2 fully saturated rings. The summed E-state index contributed by atoms with van der Waals surface area (Å²) in [4.78, 5) is 35.3. The zero-order valence-electron chi connectivity index (χ0n) is 9.62. The first-order valence-corrected chi connectivity index (χ1v) is 5.64. The molecule has 16 heavy (non-hydrogen) atoms. The standard InChI is InChI=1S/C12H16O4/c1-7-3-4-12(11(15)16-2)6-8(13)5-9(14)10(7)12/h7,10H,3-6H2,1-2H3. The van der Waals surface area contributed by atoms with Crippen molar-refractivity contribution in [3.05, 3.63) is 0 Å². The predicted octanol–water partition coefficient (Wildman–Crippen LogP) is 1.12. The van der Waals surface area contributed by atoms with Crippen molar-refractivity contribution in [1.82, 2.24) is 0 Å². The van der Waals surface area contributed by atoms with Crippen LogP contribution in [0, 0.1) is 17.3 Å². The van der Waals surface area contributed by atoms with E-state index in [1.165, 1.54) is 7.11 Å². The number of fused-ring (bicyclic) bond motifs is 1. The van der Waals surface area contributed by atoms with Crippen LogP contribution in [0.25, 0.3) is 0 Å². The Bertz CT molecular complexity index is 360. The minimum absolute atomic E-state index is 0.00620. The highest BCUT2D eigenvalue weighted by atomic mass is 16.5. The van der Waals surface area contributed by atoms with Gasteiger partial charge >= 0.3 is 5.97 Å². The Morgan fingerprint density at radius 2 is 2.12 bits per heavy atom. The number of methoxy groups -OCH3 is 1. The highest BCUT2D eigenvalue weighted by Gasteiger charge is 2.59. The molecule has 0 bridgehead atoms. The maximum atomic E-state index is 11.9. The highest BCUT2D eigenvalue weighted by Crippen LogP contribution is 2.53. The first-order valence-electron chi connectivity index (χ1n) is 5.64. The molecular weight excluding hydrogens is 208 g/mol. The minimum atomic E-state index is -0.847. The molecule has 0 amide bonds. The van der Waals surface area contributed by atoms with Gasteiger partial charge in [-0.05, 0) is 18.8 Å². The van der Waals surface area contributed by atoms with Gasteiger partial charge in [-0.3, -0.25) is 14.4 Å². The van der Waals surface area contributed by atoms with E-state index in [1.807, 2.05) is 6.92 Å². The predicted molar refractivity (Wildman–Crippen MR) is 55.6 cm³/mol. The van der Waals surface area contributed by atoms with E-state index in [4.69, 9.17) is 4.74 Å². The molecule has 0 spiro atoms. The topological polar surface area (TPSA) is 60.4 Å². The van der Waals surface area contributed by atoms with Crippen LogP contribution in [0.3, 0.4) is 0 Å². The molecule has 2 rings (SSSR count). The van der Waals surface area contributed by atoms with Gasteiger partial charge in [-0.25, -0.2) is 0 Å². The van der Waals surface area contributed by atoms with E-state index in [9.17, 15) is 14.4 Å². The highest BCUT2D eigenvalue weighted by molar-refractivity contribution is 6.07. The maximum absolute atomic E-state index is 11.9. The molecule has 2 aliphatic carbocycles. The summed E-state index contributed by atoms with van der Waals surface area (Å²) in [6.45, 7) is 1.98. The van der Waals surface area contributed by atoms with Gasteiger partial charge in [0.15, 0.2) is 0 Å². The zero-order valence-corrected chi connectivity index (χ0v) is 9.62. The van der Waals surface area contributed by atoms with Crippen LogP contribution in [0.1, 0.15) is 32.6 Å². The molecular formula is C12H16O4. The molecule has 0 aromatic rings. The van der Waals surface area contributed by atoms with Crippen molar-refractivity contribution < 1.29 is 19.1 Å². The lowest BCUT2D eigenvalue weighted by Gasteiger charge is -2.36. The molecule has 0 saturated heterocycles. The van der Waals surface area contributed by atoms with E-state index in [-0.39, 0.29) is 42.2 Å². The zero-order chi connectivity index (χ0) is 11.9. The third-order valence-electron chi connectivity index (χ3n) is 4.03. The monoisotopic (exact) mass is 224 g/mol. The number of carbonyl (C=O) groups excluding carboxylic acids is 3. The number of ketones is 2. The van der Waals surface area contributed by atoms with Crippen LogP contribution in [0.15, 0.2) is 0 Å². The first kappa shape index (κ1) is 11.3. The molecule has 2 saturated carbocycles. The Morgan fingerprint density at radius 1 is 1.44 bits per heavy atom. The van der Waals surface area contributed by atoms with Crippen molar-refractivity contribution in [3.8, 4) is 0 Å². The van der Waals surface area contributed by atoms with Crippen molar-refractivity contribution in [2.45, 2.75) is 32.6 Å². The van der Waals surface area contributed by atoms with Crippen molar-refractivity contribution in [1.29, 1.82) is 0 Å². The van der Waals surface area contributed by atoms with Crippen LogP contribution in [0.2, 0.25) is 0 Å². The molecule has 0 aliphatic heterocycles. The lowest BCUT2D eigenvalue weighted by Crippen LogP contribution is -2.47. The van der Waals surface area contributed by atoms with Crippen molar-refractivity contribution in [2.75, 3.05) is 7.11 Å². The summed E-state index contributed by atoms with van der Waals surface area (Å²) in [5.41, 5.74) is -0.847. The molecule has 0 aromatic carbocycles. The Balaban J connectivity index is 2.41. The largest absolute Gasteiger partial charge is 0.469 e. The van der Waals surface area contributed by atoms with Gasteiger partial charge in [-0.2, -0.15) is 0 Å². The minimum Gasteiger partial charge on any atom is -0.469 e. The number of esters is 1. The molecule has 0 radical (unpaired) electrons. The van der Waals surface area contributed by atoms with Crippen molar-refractivity contribution >= 4 is 17.5 Å². The summed E-state index contributed by atoms with van der Waals surface area (Å²) in [7, 11) is 1.32. The smallest absolute Gasteiger partial charge is 0.312 e. The normalized spacial score (nSPS) is 38.4. The number of Topliss-reactive ketones (excluding diaryl/α,β-unsaturated/α-hetero) is 2. The first-order chi connectivity index (χ1) is 7.51. The second-order valence-electron chi connectivity index (χ2n) is 5.00. The summed E-state index contributed by atoms with van der Waals surface area (Å²) in [6.07, 6.45) is 1.59. The van der Waals surface area contributed by atoms with Gasteiger partial charge in [0.05, 0.1) is 18.9 Å². The van der Waals surface area contributed by atoms with Gasteiger partial charge in [-0.15, -0.1) is 0 Å². The van der Waals surface area contributed by atoms with E-state index < -0.39 is 5.41 Å². The third-order valence-corrected chi connectivity index (χ3v) is 4.03. The second kappa shape index (κ2) is 3.68. The Kier molecular flexibility index (Phi) is 2.60. The average molecular weight is 224 g/mol. The average Bonchev–Trinajstić information content (AvgIpc) is 2.56. The van der Waals surface area contributed by atoms with Gasteiger partial charge in [-0.1, -0.05) is 6.92 Å². The van der Waals surface area contributed by atoms with Crippen molar-refractivity contribution in [2.24, 2.45) is 17.3 Å². The summed E-state index contributed by atoms with van der Waals surface area (Å²) >= 11 is 0. The van der Waals surface area contributed by atoms with Gasteiger partial charge in [0.2, 0.25) is 0 Å². The Labute approximate surface area is 94.3 Å². The molecule has 0 heterocycles. The summed E-state index contributed by atoms with van der Waals surface area (Å²) in [5, 5.41) is 0. The van der Waals surface area contributed by atoms with Gasteiger partial charge in [0.1, 0.15) is 11.6 Å². The van der Waals surface area contributed by atoms with Crippen LogP contribution >= 0.6 is 0 Å². The van der Waals surface area contributed by atoms with E-state index >= 15 is 0 Å². The van der Waals surface area contributed by atoms with Gasteiger partial charge in [0, 0.05) is 12.3 Å². The summed E-state index contributed by atoms with van der Waals surface area (Å²) < 4.78 is 4.80. The van der Waals surface area contributed by atoms with Crippen LogP contribution in [-0.4, -0.2) is 24.6 Å². The molecule has 4 heteroatoms.